The Morgan fingerprint density at radius 1 is 1.21 bits per heavy atom. The van der Waals surface area contributed by atoms with Crippen LogP contribution in [0.1, 0.15) is 32.9 Å². The van der Waals surface area contributed by atoms with Crippen molar-refractivity contribution in [2.45, 2.75) is 20.5 Å². The lowest BCUT2D eigenvalue weighted by Crippen LogP contribution is -2.03. The fourth-order valence-electron chi connectivity index (χ4n) is 2.79. The predicted octanol–water partition coefficient (Wildman–Crippen LogP) is 4.09. The summed E-state index contributed by atoms with van der Waals surface area (Å²) in [6.45, 7) is 4.12. The summed E-state index contributed by atoms with van der Waals surface area (Å²) in [6.07, 6.45) is 4.93. The molecule has 0 fully saturated rings. The van der Waals surface area contributed by atoms with Crippen LogP contribution in [0, 0.1) is 13.8 Å². The average molecular weight is 396 g/mol. The minimum Gasteiger partial charge on any atom is -0.465 e. The van der Waals surface area contributed by atoms with Crippen molar-refractivity contribution in [1.29, 1.82) is 0 Å². The molecule has 0 radical (unpaired) electrons. The van der Waals surface area contributed by atoms with Crippen molar-refractivity contribution in [2.75, 3.05) is 7.11 Å². The molecule has 1 aromatic carbocycles. The fourth-order valence-corrected chi connectivity index (χ4v) is 3.54. The first-order valence-electron chi connectivity index (χ1n) is 8.60. The standard InChI is InChI=1S/C21H20N2O4S/c1-14-12-18(15(2)23(14)21-22-10-11-28-21)8-9-19(24)27-13-16-4-6-17(7-5-16)20(25)26-3/h4-12H,13H2,1-3H3/b9-8+. The van der Waals surface area contributed by atoms with E-state index >= 15 is 0 Å². The van der Waals surface area contributed by atoms with E-state index in [2.05, 4.69) is 14.3 Å². The van der Waals surface area contributed by atoms with Gasteiger partial charge in [-0.25, -0.2) is 14.6 Å². The molecule has 0 unspecified atom stereocenters. The molecule has 0 aliphatic carbocycles. The first-order chi connectivity index (χ1) is 13.5. The molecule has 0 bridgehead atoms. The minimum absolute atomic E-state index is 0.128. The van der Waals surface area contributed by atoms with Gasteiger partial charge in [-0.3, -0.25) is 4.57 Å². The first-order valence-corrected chi connectivity index (χ1v) is 9.48. The maximum atomic E-state index is 12.0. The summed E-state index contributed by atoms with van der Waals surface area (Å²) < 4.78 is 12.0. The highest BCUT2D eigenvalue weighted by atomic mass is 32.1. The van der Waals surface area contributed by atoms with Crippen molar-refractivity contribution < 1.29 is 19.1 Å². The molecule has 3 rings (SSSR count). The lowest BCUT2D eigenvalue weighted by atomic mass is 10.1. The largest absolute Gasteiger partial charge is 0.465 e. The van der Waals surface area contributed by atoms with E-state index in [0.29, 0.717) is 5.56 Å². The second kappa shape index (κ2) is 8.67. The van der Waals surface area contributed by atoms with Gasteiger partial charge in [-0.2, -0.15) is 0 Å². The van der Waals surface area contributed by atoms with E-state index < -0.39 is 11.9 Å². The normalized spacial score (nSPS) is 11.0. The summed E-state index contributed by atoms with van der Waals surface area (Å²) in [5, 5.41) is 2.83. The van der Waals surface area contributed by atoms with Crippen LogP contribution in [0.4, 0.5) is 0 Å². The Morgan fingerprint density at radius 2 is 1.96 bits per heavy atom. The van der Waals surface area contributed by atoms with Gasteiger partial charge in [0.05, 0.1) is 12.7 Å². The average Bonchev–Trinajstić information content (AvgIpc) is 3.32. The highest BCUT2D eigenvalue weighted by Gasteiger charge is 2.11. The maximum Gasteiger partial charge on any atom is 0.337 e. The Hall–Kier alpha value is -3.19. The highest BCUT2D eigenvalue weighted by molar-refractivity contribution is 7.12. The third-order valence-corrected chi connectivity index (χ3v) is 4.99. The first kappa shape index (κ1) is 19.6. The van der Waals surface area contributed by atoms with Crippen molar-refractivity contribution in [3.05, 3.63) is 76.1 Å². The number of hydrogen-bond acceptors (Lipinski definition) is 6. The van der Waals surface area contributed by atoms with Crippen molar-refractivity contribution in [3.63, 3.8) is 0 Å². The quantitative estimate of drug-likeness (QED) is 0.464. The number of aromatic nitrogens is 2. The van der Waals surface area contributed by atoms with E-state index in [-0.39, 0.29) is 6.61 Å². The van der Waals surface area contributed by atoms with Gasteiger partial charge >= 0.3 is 11.9 Å². The van der Waals surface area contributed by atoms with E-state index in [1.165, 1.54) is 13.2 Å². The number of hydrogen-bond donors (Lipinski definition) is 0. The molecule has 6 nitrogen and oxygen atoms in total. The third-order valence-electron chi connectivity index (χ3n) is 4.24. The second-order valence-corrected chi connectivity index (χ2v) is 6.98. The summed E-state index contributed by atoms with van der Waals surface area (Å²) in [5.41, 5.74) is 4.23. The van der Waals surface area contributed by atoms with Crippen LogP contribution in [0.3, 0.4) is 0 Å². The number of carbonyl (C=O) groups excluding carboxylic acids is 2. The Labute approximate surface area is 167 Å². The van der Waals surface area contributed by atoms with Gasteiger partial charge in [0.2, 0.25) is 0 Å². The molecule has 28 heavy (non-hydrogen) atoms. The molecular formula is C21H20N2O4S. The van der Waals surface area contributed by atoms with Crippen LogP contribution in [-0.4, -0.2) is 28.6 Å². The number of esters is 2. The van der Waals surface area contributed by atoms with Crippen LogP contribution in [-0.2, 0) is 20.9 Å². The number of benzene rings is 1. The molecule has 144 valence electrons. The molecular weight excluding hydrogens is 376 g/mol. The van der Waals surface area contributed by atoms with Gasteiger partial charge in [0.15, 0.2) is 5.13 Å². The molecule has 0 aliphatic heterocycles. The summed E-state index contributed by atoms with van der Waals surface area (Å²) in [5.74, 6) is -0.835. The maximum absolute atomic E-state index is 12.0. The molecule has 3 aromatic rings. The SMILES string of the molecule is COC(=O)c1ccc(COC(=O)/C=C/c2cc(C)n(-c3nccs3)c2C)cc1. The molecule has 0 aliphatic rings. The van der Waals surface area contributed by atoms with E-state index in [1.54, 1.807) is 47.9 Å². The molecule has 0 N–H and O–H groups in total. The lowest BCUT2D eigenvalue weighted by Gasteiger charge is -2.05. The van der Waals surface area contributed by atoms with E-state index in [9.17, 15) is 9.59 Å². The zero-order valence-corrected chi connectivity index (χ0v) is 16.7. The van der Waals surface area contributed by atoms with Crippen molar-refractivity contribution >= 4 is 29.4 Å². The minimum atomic E-state index is -0.434. The Morgan fingerprint density at radius 3 is 2.61 bits per heavy atom. The lowest BCUT2D eigenvalue weighted by molar-refractivity contribution is -0.138. The molecule has 0 amide bonds. The molecule has 0 saturated carbocycles. The number of aryl methyl sites for hydroxylation is 1. The Bertz CT molecular complexity index is 1000. The van der Waals surface area contributed by atoms with Crippen molar-refractivity contribution in [3.8, 4) is 5.13 Å². The van der Waals surface area contributed by atoms with Crippen molar-refractivity contribution in [1.82, 2.24) is 9.55 Å². The number of ether oxygens (including phenoxy) is 2. The molecule has 2 aromatic heterocycles. The zero-order chi connectivity index (χ0) is 20.1. The van der Waals surface area contributed by atoms with Gasteiger partial charge in [-0.15, -0.1) is 11.3 Å². The Balaban J connectivity index is 1.62. The number of nitrogens with zero attached hydrogens (tertiary/aromatic N) is 2. The van der Waals surface area contributed by atoms with E-state index in [0.717, 1.165) is 27.6 Å². The monoisotopic (exact) mass is 396 g/mol. The molecule has 0 atom stereocenters. The summed E-state index contributed by atoms with van der Waals surface area (Å²) in [7, 11) is 1.33. The number of thiazole rings is 1. The summed E-state index contributed by atoms with van der Waals surface area (Å²) in [4.78, 5) is 27.8. The van der Waals surface area contributed by atoms with Gasteiger partial charge in [-0.05, 0) is 49.2 Å². The van der Waals surface area contributed by atoms with Crippen LogP contribution in [0.2, 0.25) is 0 Å². The van der Waals surface area contributed by atoms with Gasteiger partial charge in [0.25, 0.3) is 0 Å². The second-order valence-electron chi connectivity index (χ2n) is 6.11. The van der Waals surface area contributed by atoms with Crippen LogP contribution in [0.25, 0.3) is 11.2 Å². The third kappa shape index (κ3) is 4.37. The van der Waals surface area contributed by atoms with Crippen LogP contribution < -0.4 is 0 Å². The smallest absolute Gasteiger partial charge is 0.337 e. The van der Waals surface area contributed by atoms with Gasteiger partial charge < -0.3 is 9.47 Å². The summed E-state index contributed by atoms with van der Waals surface area (Å²) >= 11 is 1.56. The molecule has 0 saturated heterocycles. The topological polar surface area (TPSA) is 70.4 Å². The zero-order valence-electron chi connectivity index (χ0n) is 15.8. The predicted molar refractivity (Wildman–Crippen MR) is 108 cm³/mol. The van der Waals surface area contributed by atoms with Gasteiger partial charge in [0.1, 0.15) is 6.61 Å². The van der Waals surface area contributed by atoms with Crippen LogP contribution in [0.5, 0.6) is 0 Å². The number of rotatable bonds is 6. The Kier molecular flexibility index (Phi) is 6.06. The van der Waals surface area contributed by atoms with Crippen LogP contribution in [0.15, 0.2) is 48.0 Å². The van der Waals surface area contributed by atoms with Gasteiger partial charge in [0, 0.05) is 29.0 Å². The molecule has 0 spiro atoms. The highest BCUT2D eigenvalue weighted by Crippen LogP contribution is 2.23. The van der Waals surface area contributed by atoms with Crippen LogP contribution >= 0.6 is 11.3 Å². The number of carbonyl (C=O) groups is 2. The molecule has 7 heteroatoms. The molecule has 2 heterocycles. The van der Waals surface area contributed by atoms with Gasteiger partial charge in [-0.1, -0.05) is 12.1 Å². The van der Waals surface area contributed by atoms with E-state index in [4.69, 9.17) is 4.74 Å². The van der Waals surface area contributed by atoms with E-state index in [1.807, 2.05) is 25.3 Å². The number of methoxy groups -OCH3 is 1. The van der Waals surface area contributed by atoms with Crippen molar-refractivity contribution in [2.24, 2.45) is 0 Å². The summed E-state index contributed by atoms with van der Waals surface area (Å²) in [6, 6.07) is 8.73. The fraction of sp³-hybridized carbons (Fsp3) is 0.190.